The first kappa shape index (κ1) is 19.6. The van der Waals surface area contributed by atoms with E-state index in [0.717, 1.165) is 16.8 Å². The molecule has 2 aromatic rings. The van der Waals surface area contributed by atoms with Crippen molar-refractivity contribution in [2.45, 2.75) is 19.9 Å². The third-order valence-electron chi connectivity index (χ3n) is 4.45. The Morgan fingerprint density at radius 2 is 1.82 bits per heavy atom. The Morgan fingerprint density at radius 1 is 1.11 bits per heavy atom. The average Bonchev–Trinajstić information content (AvgIpc) is 2.66. The molecule has 3 rings (SSSR count). The van der Waals surface area contributed by atoms with Crippen molar-refractivity contribution in [2.75, 3.05) is 12.4 Å². The minimum atomic E-state index is -0.440. The fraction of sp³-hybridized carbons (Fsp3) is 0.190. The number of benzene rings is 2. The van der Waals surface area contributed by atoms with Crippen molar-refractivity contribution in [3.63, 3.8) is 0 Å². The number of amides is 1. The van der Waals surface area contributed by atoms with E-state index >= 15 is 0 Å². The molecule has 0 fully saturated rings. The molecule has 0 aromatic heterocycles. The number of carbonyl (C=O) groups is 2. The van der Waals surface area contributed by atoms with E-state index in [1.165, 1.54) is 7.11 Å². The number of hydrogen-bond donors (Lipinski definition) is 3. The molecule has 1 aliphatic rings. The second kappa shape index (κ2) is 8.22. The van der Waals surface area contributed by atoms with Crippen LogP contribution in [0.1, 0.15) is 34.5 Å². The van der Waals surface area contributed by atoms with Crippen LogP contribution in [0, 0.1) is 6.92 Å². The molecule has 7 heteroatoms. The zero-order valence-corrected chi connectivity index (χ0v) is 16.6. The second-order valence-corrected chi connectivity index (χ2v) is 6.92. The van der Waals surface area contributed by atoms with E-state index < -0.39 is 12.0 Å². The molecule has 1 amide bonds. The van der Waals surface area contributed by atoms with Gasteiger partial charge in [-0.25, -0.2) is 4.79 Å². The normalized spacial score (nSPS) is 16.1. The number of ether oxygens (including phenoxy) is 1. The van der Waals surface area contributed by atoms with Gasteiger partial charge in [-0.3, -0.25) is 4.79 Å². The summed E-state index contributed by atoms with van der Waals surface area (Å²) >= 11 is 5.27. The second-order valence-electron chi connectivity index (χ2n) is 6.51. The van der Waals surface area contributed by atoms with Crippen molar-refractivity contribution < 1.29 is 14.3 Å². The van der Waals surface area contributed by atoms with E-state index in [1.807, 2.05) is 38.1 Å². The van der Waals surface area contributed by atoms with Crippen molar-refractivity contribution in [1.82, 2.24) is 10.6 Å². The molecule has 0 radical (unpaired) electrons. The van der Waals surface area contributed by atoms with Crippen LogP contribution in [-0.4, -0.2) is 24.1 Å². The number of thiocarbonyl (C=S) groups is 1. The van der Waals surface area contributed by atoms with Crippen molar-refractivity contribution in [2.24, 2.45) is 0 Å². The third kappa shape index (κ3) is 4.20. The highest BCUT2D eigenvalue weighted by atomic mass is 32.1. The SMILES string of the molecule is COC(=O)c1ccc([C@@H]2NC(=S)NC(C)=C2C(=O)Nc2cccc(C)c2)cc1. The summed E-state index contributed by atoms with van der Waals surface area (Å²) in [6.45, 7) is 3.78. The number of anilines is 1. The highest BCUT2D eigenvalue weighted by Crippen LogP contribution is 2.28. The fourth-order valence-electron chi connectivity index (χ4n) is 3.10. The monoisotopic (exact) mass is 395 g/mol. The lowest BCUT2D eigenvalue weighted by Gasteiger charge is -2.30. The lowest BCUT2D eigenvalue weighted by atomic mass is 9.94. The minimum absolute atomic E-state index is 0.229. The maximum atomic E-state index is 13.0. The lowest BCUT2D eigenvalue weighted by Crippen LogP contribution is -2.45. The summed E-state index contributed by atoms with van der Waals surface area (Å²) in [7, 11) is 1.34. The first-order chi connectivity index (χ1) is 13.4. The van der Waals surface area contributed by atoms with Gasteiger partial charge in [-0.15, -0.1) is 0 Å². The van der Waals surface area contributed by atoms with E-state index in [2.05, 4.69) is 16.0 Å². The predicted octanol–water partition coefficient (Wildman–Crippen LogP) is 3.21. The van der Waals surface area contributed by atoms with Gasteiger partial charge in [0.1, 0.15) is 0 Å². The van der Waals surface area contributed by atoms with Gasteiger partial charge in [0.15, 0.2) is 5.11 Å². The van der Waals surface area contributed by atoms with Crippen molar-refractivity contribution in [3.05, 3.63) is 76.5 Å². The van der Waals surface area contributed by atoms with Crippen molar-refractivity contribution in [3.8, 4) is 0 Å². The van der Waals surface area contributed by atoms with Crippen molar-refractivity contribution in [1.29, 1.82) is 0 Å². The van der Waals surface area contributed by atoms with Gasteiger partial charge in [-0.05, 0) is 61.5 Å². The van der Waals surface area contributed by atoms with Crippen LogP contribution in [-0.2, 0) is 9.53 Å². The van der Waals surface area contributed by atoms with E-state index in [1.54, 1.807) is 24.3 Å². The van der Waals surface area contributed by atoms with E-state index in [4.69, 9.17) is 17.0 Å². The number of carbonyl (C=O) groups excluding carboxylic acids is 2. The standard InChI is InChI=1S/C21H21N3O3S/c1-12-5-4-6-16(11-12)23-19(25)17-13(2)22-21(28)24-18(17)14-7-9-15(10-8-14)20(26)27-3/h4-11,18H,1-3H3,(H,23,25)(H2,22,24,28)/t18-/m0/s1. The number of aryl methyl sites for hydroxylation is 1. The van der Waals surface area contributed by atoms with Gasteiger partial charge in [-0.2, -0.15) is 0 Å². The first-order valence-corrected chi connectivity index (χ1v) is 9.14. The fourth-order valence-corrected chi connectivity index (χ4v) is 3.37. The molecule has 1 atom stereocenters. The third-order valence-corrected chi connectivity index (χ3v) is 4.67. The molecule has 6 nitrogen and oxygen atoms in total. The molecule has 0 unspecified atom stereocenters. The number of methoxy groups -OCH3 is 1. The number of hydrogen-bond acceptors (Lipinski definition) is 4. The van der Waals surface area contributed by atoms with Gasteiger partial charge in [0, 0.05) is 11.4 Å². The quantitative estimate of drug-likeness (QED) is 0.545. The van der Waals surface area contributed by atoms with Crippen LogP contribution < -0.4 is 16.0 Å². The largest absolute Gasteiger partial charge is 0.465 e. The summed E-state index contributed by atoms with van der Waals surface area (Å²) in [4.78, 5) is 24.7. The molecule has 0 spiro atoms. The van der Waals surface area contributed by atoms with E-state index in [0.29, 0.717) is 21.9 Å². The summed E-state index contributed by atoms with van der Waals surface area (Å²) in [6, 6.07) is 14.1. The molecule has 2 aromatic carbocycles. The molecule has 0 saturated heterocycles. The smallest absolute Gasteiger partial charge is 0.337 e. The van der Waals surface area contributed by atoms with Crippen molar-refractivity contribution >= 4 is 34.9 Å². The average molecular weight is 395 g/mol. The lowest BCUT2D eigenvalue weighted by molar-refractivity contribution is -0.113. The Balaban J connectivity index is 1.92. The van der Waals surface area contributed by atoms with E-state index in [-0.39, 0.29) is 5.91 Å². The summed E-state index contributed by atoms with van der Waals surface area (Å²) in [5.74, 6) is -0.642. The summed E-state index contributed by atoms with van der Waals surface area (Å²) in [6.07, 6.45) is 0. The molecule has 1 heterocycles. The Hall–Kier alpha value is -3.19. The van der Waals surface area contributed by atoms with Crippen LogP contribution in [0.3, 0.4) is 0 Å². The molecule has 3 N–H and O–H groups in total. The molecule has 0 saturated carbocycles. The molecule has 0 bridgehead atoms. The zero-order chi connectivity index (χ0) is 20.3. The van der Waals surface area contributed by atoms with E-state index in [9.17, 15) is 9.59 Å². The Bertz CT molecular complexity index is 967. The zero-order valence-electron chi connectivity index (χ0n) is 15.8. The van der Waals surface area contributed by atoms with Gasteiger partial charge < -0.3 is 20.7 Å². The Labute approximate surface area is 169 Å². The van der Waals surface area contributed by atoms with Crippen LogP contribution in [0.5, 0.6) is 0 Å². The maximum Gasteiger partial charge on any atom is 0.337 e. The summed E-state index contributed by atoms with van der Waals surface area (Å²) < 4.78 is 4.73. The maximum absolute atomic E-state index is 13.0. The summed E-state index contributed by atoms with van der Waals surface area (Å²) in [5, 5.41) is 9.53. The molecule has 28 heavy (non-hydrogen) atoms. The molecule has 1 aliphatic heterocycles. The minimum Gasteiger partial charge on any atom is -0.465 e. The van der Waals surface area contributed by atoms with Crippen LogP contribution in [0.15, 0.2) is 59.8 Å². The highest BCUT2D eigenvalue weighted by molar-refractivity contribution is 7.80. The summed E-state index contributed by atoms with van der Waals surface area (Å²) in [5.41, 5.74) is 4.23. The molecular formula is C21H21N3O3S. The van der Waals surface area contributed by atoms with Crippen LogP contribution in [0.25, 0.3) is 0 Å². The van der Waals surface area contributed by atoms with Gasteiger partial charge in [-0.1, -0.05) is 24.3 Å². The first-order valence-electron chi connectivity index (χ1n) is 8.73. The molecular weight excluding hydrogens is 374 g/mol. The highest BCUT2D eigenvalue weighted by Gasteiger charge is 2.30. The van der Waals surface area contributed by atoms with Gasteiger partial charge >= 0.3 is 5.97 Å². The topological polar surface area (TPSA) is 79.5 Å². The van der Waals surface area contributed by atoms with Crippen LogP contribution in [0.2, 0.25) is 0 Å². The van der Waals surface area contributed by atoms with Crippen LogP contribution >= 0.6 is 12.2 Å². The number of esters is 1. The number of allylic oxidation sites excluding steroid dienone is 1. The Kier molecular flexibility index (Phi) is 5.75. The predicted molar refractivity (Wildman–Crippen MR) is 112 cm³/mol. The van der Waals surface area contributed by atoms with Gasteiger partial charge in [0.25, 0.3) is 5.91 Å². The molecule has 0 aliphatic carbocycles. The Morgan fingerprint density at radius 3 is 2.46 bits per heavy atom. The number of rotatable bonds is 4. The van der Waals surface area contributed by atoms with Gasteiger partial charge in [0.2, 0.25) is 0 Å². The van der Waals surface area contributed by atoms with Gasteiger partial charge in [0.05, 0.1) is 24.3 Å². The van der Waals surface area contributed by atoms with Crippen LogP contribution in [0.4, 0.5) is 5.69 Å². The number of nitrogens with one attached hydrogen (secondary N) is 3. The molecule has 144 valence electrons.